The molecule has 0 spiro atoms. The van der Waals surface area contributed by atoms with Crippen LogP contribution in [-0.4, -0.2) is 32.6 Å². The molecular weight excluding hydrogens is 342 g/mol. The van der Waals surface area contributed by atoms with Crippen LogP contribution in [0, 0.1) is 23.2 Å². The Bertz CT molecular complexity index is 772. The maximum Gasteiger partial charge on any atom is 0.226 e. The Morgan fingerprint density at radius 3 is 2.52 bits per heavy atom. The van der Waals surface area contributed by atoms with Crippen molar-refractivity contribution in [2.45, 2.75) is 62.9 Å². The smallest absolute Gasteiger partial charge is 0.226 e. The van der Waals surface area contributed by atoms with Crippen molar-refractivity contribution in [3.8, 4) is 0 Å². The molecule has 1 aromatic rings. The minimum absolute atomic E-state index is 0.0759. The van der Waals surface area contributed by atoms with Crippen LogP contribution in [-0.2, 0) is 15.1 Å². The van der Waals surface area contributed by atoms with E-state index in [1.807, 2.05) is 23.2 Å². The predicted octanol–water partition coefficient (Wildman–Crippen LogP) is 1.51. The standard InChI is InChI=1S/C20H27N5O2/c21-17(26)15-3-1-2-4-16(15)24-18(27)19-6-13-5-14(7-19)9-20(8-13,10-19)25-12-22-11-23-25/h1-2,11-16H,3-10H2,(H2,21,26)(H,24,27)/t13?,14?,15-,16-,19?,20?/m1/s1. The Morgan fingerprint density at radius 1 is 1.11 bits per heavy atom. The number of nitrogens with zero attached hydrogens (tertiary/aromatic N) is 3. The third kappa shape index (κ3) is 2.62. The van der Waals surface area contributed by atoms with E-state index in [1.54, 1.807) is 6.33 Å². The summed E-state index contributed by atoms with van der Waals surface area (Å²) in [5, 5.41) is 7.68. The summed E-state index contributed by atoms with van der Waals surface area (Å²) in [5.74, 6) is 0.623. The van der Waals surface area contributed by atoms with E-state index in [2.05, 4.69) is 15.4 Å². The van der Waals surface area contributed by atoms with Crippen LogP contribution in [0.4, 0.5) is 0 Å². The van der Waals surface area contributed by atoms with Crippen LogP contribution in [0.1, 0.15) is 51.4 Å². The van der Waals surface area contributed by atoms with Gasteiger partial charge in [-0.1, -0.05) is 12.2 Å². The average Bonchev–Trinajstić information content (AvgIpc) is 3.16. The van der Waals surface area contributed by atoms with Gasteiger partial charge in [0.25, 0.3) is 0 Å². The molecular formula is C20H27N5O2. The van der Waals surface area contributed by atoms with Crippen LogP contribution in [0.25, 0.3) is 0 Å². The number of allylic oxidation sites excluding steroid dienone is 1. The topological polar surface area (TPSA) is 103 Å². The molecule has 7 heteroatoms. The number of hydrogen-bond donors (Lipinski definition) is 2. The molecule has 4 fully saturated rings. The lowest BCUT2D eigenvalue weighted by Crippen LogP contribution is -2.62. The van der Waals surface area contributed by atoms with Crippen molar-refractivity contribution in [3.05, 3.63) is 24.8 Å². The fourth-order valence-electron chi connectivity index (χ4n) is 6.81. The van der Waals surface area contributed by atoms with Crippen LogP contribution in [0.15, 0.2) is 24.8 Å². The van der Waals surface area contributed by atoms with Crippen molar-refractivity contribution in [2.75, 3.05) is 0 Å². The fraction of sp³-hybridized carbons (Fsp3) is 0.700. The van der Waals surface area contributed by atoms with Crippen LogP contribution < -0.4 is 11.1 Å². The first-order chi connectivity index (χ1) is 13.0. The minimum Gasteiger partial charge on any atom is -0.369 e. The summed E-state index contributed by atoms with van der Waals surface area (Å²) >= 11 is 0. The number of rotatable bonds is 4. The normalized spacial score (nSPS) is 42.2. The monoisotopic (exact) mass is 369 g/mol. The summed E-state index contributed by atoms with van der Waals surface area (Å²) < 4.78 is 2.02. The molecule has 4 bridgehead atoms. The van der Waals surface area contributed by atoms with E-state index in [1.165, 1.54) is 6.42 Å². The maximum atomic E-state index is 13.5. The zero-order chi connectivity index (χ0) is 18.6. The number of amides is 2. The zero-order valence-corrected chi connectivity index (χ0v) is 15.5. The van der Waals surface area contributed by atoms with Crippen molar-refractivity contribution in [1.29, 1.82) is 0 Å². The number of hydrogen-bond acceptors (Lipinski definition) is 4. The Balaban J connectivity index is 1.42. The van der Waals surface area contributed by atoms with Crippen molar-refractivity contribution in [1.82, 2.24) is 20.1 Å². The quantitative estimate of drug-likeness (QED) is 0.785. The molecule has 0 aliphatic heterocycles. The van der Waals surface area contributed by atoms with Gasteiger partial charge < -0.3 is 11.1 Å². The van der Waals surface area contributed by atoms with Gasteiger partial charge in [0.1, 0.15) is 12.7 Å². The molecule has 2 unspecified atom stereocenters. The summed E-state index contributed by atoms with van der Waals surface area (Å²) in [6, 6.07) is -0.185. The Morgan fingerprint density at radius 2 is 1.85 bits per heavy atom. The molecule has 27 heavy (non-hydrogen) atoms. The number of primary amides is 1. The lowest BCUT2D eigenvalue weighted by Gasteiger charge is -2.61. The van der Waals surface area contributed by atoms with E-state index in [0.717, 1.165) is 32.1 Å². The van der Waals surface area contributed by atoms with Gasteiger partial charge in [-0.2, -0.15) is 5.10 Å². The minimum atomic E-state index is -0.348. The highest BCUT2D eigenvalue weighted by atomic mass is 16.2. The van der Waals surface area contributed by atoms with E-state index in [9.17, 15) is 9.59 Å². The summed E-state index contributed by atoms with van der Waals surface area (Å²) in [5.41, 5.74) is 5.16. The second-order valence-electron chi connectivity index (χ2n) is 9.34. The van der Waals surface area contributed by atoms with Gasteiger partial charge in [-0.05, 0) is 63.2 Å². The number of nitrogens with one attached hydrogen (secondary N) is 1. The number of carbonyl (C=O) groups excluding carboxylic acids is 2. The predicted molar refractivity (Wildman–Crippen MR) is 98.1 cm³/mol. The molecule has 3 N–H and O–H groups in total. The van der Waals surface area contributed by atoms with Crippen LogP contribution in [0.5, 0.6) is 0 Å². The third-order valence-electron chi connectivity index (χ3n) is 7.53. The molecule has 0 aromatic carbocycles. The van der Waals surface area contributed by atoms with Crippen molar-refractivity contribution in [2.24, 2.45) is 28.9 Å². The molecule has 6 rings (SSSR count). The van der Waals surface area contributed by atoms with E-state index in [-0.39, 0.29) is 34.7 Å². The molecule has 4 atom stereocenters. The highest BCUT2D eigenvalue weighted by molar-refractivity contribution is 5.85. The van der Waals surface area contributed by atoms with Gasteiger partial charge in [-0.25, -0.2) is 9.67 Å². The highest BCUT2D eigenvalue weighted by Gasteiger charge is 2.61. The van der Waals surface area contributed by atoms with Gasteiger partial charge in [0.05, 0.1) is 16.9 Å². The van der Waals surface area contributed by atoms with E-state index >= 15 is 0 Å². The first-order valence-corrected chi connectivity index (χ1v) is 10.1. The second-order valence-corrected chi connectivity index (χ2v) is 9.34. The van der Waals surface area contributed by atoms with E-state index in [4.69, 9.17) is 5.73 Å². The molecule has 4 saturated carbocycles. The van der Waals surface area contributed by atoms with Gasteiger partial charge in [-0.15, -0.1) is 0 Å². The first-order valence-electron chi connectivity index (χ1n) is 10.1. The highest BCUT2D eigenvalue weighted by Crippen LogP contribution is 2.64. The van der Waals surface area contributed by atoms with Gasteiger partial charge in [0.2, 0.25) is 11.8 Å². The molecule has 7 nitrogen and oxygen atoms in total. The van der Waals surface area contributed by atoms with Crippen molar-refractivity contribution < 1.29 is 9.59 Å². The largest absolute Gasteiger partial charge is 0.369 e. The Hall–Kier alpha value is -2.18. The van der Waals surface area contributed by atoms with Crippen molar-refractivity contribution >= 4 is 11.8 Å². The Kier molecular flexibility index (Phi) is 3.71. The summed E-state index contributed by atoms with van der Waals surface area (Å²) in [6.45, 7) is 0. The van der Waals surface area contributed by atoms with Crippen LogP contribution >= 0.6 is 0 Å². The van der Waals surface area contributed by atoms with Gasteiger partial charge in [0, 0.05) is 6.04 Å². The molecule has 5 aliphatic carbocycles. The zero-order valence-electron chi connectivity index (χ0n) is 15.5. The van der Waals surface area contributed by atoms with E-state index in [0.29, 0.717) is 24.7 Å². The summed E-state index contributed by atoms with van der Waals surface area (Å²) in [4.78, 5) is 29.5. The van der Waals surface area contributed by atoms with E-state index < -0.39 is 0 Å². The first kappa shape index (κ1) is 17.0. The molecule has 144 valence electrons. The van der Waals surface area contributed by atoms with Gasteiger partial charge in [-0.3, -0.25) is 9.59 Å². The van der Waals surface area contributed by atoms with Crippen molar-refractivity contribution in [3.63, 3.8) is 0 Å². The SMILES string of the molecule is NC(=O)[C@@H]1CC=CC[C@H]1NC(=O)C12CC3CC(C1)CC(n1cncn1)(C3)C2. The van der Waals surface area contributed by atoms with Gasteiger partial charge in [0.15, 0.2) is 0 Å². The Labute approximate surface area is 158 Å². The molecule has 0 radical (unpaired) electrons. The molecule has 2 amide bonds. The molecule has 1 aromatic heterocycles. The third-order valence-corrected chi connectivity index (χ3v) is 7.53. The van der Waals surface area contributed by atoms with Crippen LogP contribution in [0.3, 0.4) is 0 Å². The van der Waals surface area contributed by atoms with Crippen LogP contribution in [0.2, 0.25) is 0 Å². The molecule has 5 aliphatic rings. The summed E-state index contributed by atoms with van der Waals surface area (Å²) in [7, 11) is 0. The lowest BCUT2D eigenvalue weighted by atomic mass is 9.46. The lowest BCUT2D eigenvalue weighted by molar-refractivity contribution is -0.157. The molecule has 0 saturated heterocycles. The fourth-order valence-corrected chi connectivity index (χ4v) is 6.81. The molecule has 1 heterocycles. The number of carbonyl (C=O) groups is 2. The number of nitrogens with two attached hydrogens (primary N) is 1. The summed E-state index contributed by atoms with van der Waals surface area (Å²) in [6.07, 6.45) is 14.9. The van der Waals surface area contributed by atoms with Gasteiger partial charge >= 0.3 is 0 Å². The second kappa shape index (κ2) is 5.91. The number of aromatic nitrogens is 3. The maximum absolute atomic E-state index is 13.5. The average molecular weight is 369 g/mol.